The van der Waals surface area contributed by atoms with Crippen molar-refractivity contribution in [2.24, 2.45) is 0 Å². The van der Waals surface area contributed by atoms with Crippen LogP contribution in [-0.2, 0) is 11.3 Å². The molecule has 4 heteroatoms. The van der Waals surface area contributed by atoms with E-state index >= 15 is 0 Å². The zero-order chi connectivity index (χ0) is 11.4. The second-order valence-corrected chi connectivity index (χ2v) is 3.86. The number of hydrogen-bond acceptors (Lipinski definition) is 3. The Labute approximate surface area is 94.6 Å². The second-order valence-electron chi connectivity index (χ2n) is 3.86. The van der Waals surface area contributed by atoms with Gasteiger partial charge in [-0.05, 0) is 19.0 Å². The summed E-state index contributed by atoms with van der Waals surface area (Å²) in [6.07, 6.45) is 1.19. The first-order valence-electron chi connectivity index (χ1n) is 5.45. The van der Waals surface area contributed by atoms with Gasteiger partial charge in [0, 0.05) is 12.1 Å². The maximum absolute atomic E-state index is 13.7. The van der Waals surface area contributed by atoms with Gasteiger partial charge in [-0.2, -0.15) is 0 Å². The molecule has 0 bridgehead atoms. The number of hydrogen-bond donors (Lipinski definition) is 1. The highest BCUT2D eigenvalue weighted by molar-refractivity contribution is 5.30. The Hall–Kier alpha value is -1.13. The van der Waals surface area contributed by atoms with Crippen LogP contribution in [0, 0.1) is 5.82 Å². The van der Waals surface area contributed by atoms with Crippen molar-refractivity contribution >= 4 is 0 Å². The first-order valence-corrected chi connectivity index (χ1v) is 5.45. The van der Waals surface area contributed by atoms with Crippen LogP contribution in [0.15, 0.2) is 18.2 Å². The largest absolute Gasteiger partial charge is 0.494 e. The molecule has 1 aromatic carbocycles. The van der Waals surface area contributed by atoms with Gasteiger partial charge in [0.1, 0.15) is 0 Å². The van der Waals surface area contributed by atoms with Gasteiger partial charge < -0.3 is 14.8 Å². The summed E-state index contributed by atoms with van der Waals surface area (Å²) in [4.78, 5) is 0. The second kappa shape index (κ2) is 5.27. The molecule has 0 aromatic heterocycles. The minimum Gasteiger partial charge on any atom is -0.494 e. The molecule has 0 aliphatic carbocycles. The van der Waals surface area contributed by atoms with E-state index in [1.807, 2.05) is 0 Å². The maximum atomic E-state index is 13.7. The van der Waals surface area contributed by atoms with Crippen molar-refractivity contribution < 1.29 is 13.9 Å². The van der Waals surface area contributed by atoms with Gasteiger partial charge in [-0.25, -0.2) is 4.39 Å². The predicted octanol–water partition coefficient (Wildman–Crippen LogP) is 1.71. The molecule has 1 saturated heterocycles. The maximum Gasteiger partial charge on any atom is 0.170 e. The number of nitrogens with one attached hydrogen (secondary N) is 1. The fraction of sp³-hybridized carbons (Fsp3) is 0.500. The molecule has 1 heterocycles. The zero-order valence-electron chi connectivity index (χ0n) is 9.33. The van der Waals surface area contributed by atoms with Crippen molar-refractivity contribution in [2.45, 2.75) is 19.1 Å². The van der Waals surface area contributed by atoms with Crippen molar-refractivity contribution in [1.29, 1.82) is 0 Å². The molecule has 1 fully saturated rings. The van der Waals surface area contributed by atoms with E-state index in [2.05, 4.69) is 5.32 Å². The smallest absolute Gasteiger partial charge is 0.170 e. The molecule has 1 aliphatic heterocycles. The van der Waals surface area contributed by atoms with Gasteiger partial charge in [-0.3, -0.25) is 0 Å². The van der Waals surface area contributed by atoms with Crippen LogP contribution in [0.3, 0.4) is 0 Å². The third-order valence-electron chi connectivity index (χ3n) is 2.75. The number of benzene rings is 1. The summed E-state index contributed by atoms with van der Waals surface area (Å²) >= 11 is 0. The Bertz CT molecular complexity index is 351. The van der Waals surface area contributed by atoms with Crippen LogP contribution in [0.25, 0.3) is 0 Å². The van der Waals surface area contributed by atoms with E-state index in [1.165, 1.54) is 7.11 Å². The standard InChI is InChI=1S/C12H16FNO2/c1-15-11-4-2-3-9(12(11)13)8-16-10-5-6-14-7-10/h2-4,10,14H,5-8H2,1H3. The fourth-order valence-electron chi connectivity index (χ4n) is 1.80. The topological polar surface area (TPSA) is 30.5 Å². The van der Waals surface area contributed by atoms with Crippen LogP contribution >= 0.6 is 0 Å². The molecule has 1 atom stereocenters. The van der Waals surface area contributed by atoms with Gasteiger partial charge in [-0.1, -0.05) is 12.1 Å². The number of methoxy groups -OCH3 is 1. The van der Waals surface area contributed by atoms with E-state index in [1.54, 1.807) is 18.2 Å². The fourth-order valence-corrected chi connectivity index (χ4v) is 1.80. The van der Waals surface area contributed by atoms with Crippen LogP contribution in [0.4, 0.5) is 4.39 Å². The van der Waals surface area contributed by atoms with Crippen molar-refractivity contribution in [2.75, 3.05) is 20.2 Å². The molecule has 3 nitrogen and oxygen atoms in total. The first kappa shape index (κ1) is 11.4. The van der Waals surface area contributed by atoms with E-state index in [0.29, 0.717) is 12.2 Å². The molecule has 1 aromatic rings. The average molecular weight is 225 g/mol. The molecule has 1 N–H and O–H groups in total. The van der Waals surface area contributed by atoms with Crippen LogP contribution in [0.2, 0.25) is 0 Å². The molecule has 1 aliphatic rings. The van der Waals surface area contributed by atoms with Gasteiger partial charge in [0.25, 0.3) is 0 Å². The van der Waals surface area contributed by atoms with Gasteiger partial charge in [0.2, 0.25) is 0 Å². The minimum atomic E-state index is -0.323. The Balaban J connectivity index is 1.97. The molecule has 0 saturated carbocycles. The zero-order valence-corrected chi connectivity index (χ0v) is 9.33. The van der Waals surface area contributed by atoms with Crippen LogP contribution in [0.1, 0.15) is 12.0 Å². The molecular weight excluding hydrogens is 209 g/mol. The van der Waals surface area contributed by atoms with Crippen molar-refractivity contribution in [3.63, 3.8) is 0 Å². The molecule has 0 spiro atoms. The quantitative estimate of drug-likeness (QED) is 0.846. The van der Waals surface area contributed by atoms with E-state index in [4.69, 9.17) is 9.47 Å². The predicted molar refractivity (Wildman–Crippen MR) is 59.0 cm³/mol. The van der Waals surface area contributed by atoms with Gasteiger partial charge in [0.05, 0.1) is 19.8 Å². The van der Waals surface area contributed by atoms with Gasteiger partial charge in [0.15, 0.2) is 11.6 Å². The van der Waals surface area contributed by atoms with Crippen molar-refractivity contribution in [1.82, 2.24) is 5.32 Å². The summed E-state index contributed by atoms with van der Waals surface area (Å²) in [6.45, 7) is 2.13. The SMILES string of the molecule is COc1cccc(COC2CCNC2)c1F. The number of halogens is 1. The third-order valence-corrected chi connectivity index (χ3v) is 2.75. The van der Waals surface area contributed by atoms with Gasteiger partial charge in [-0.15, -0.1) is 0 Å². The minimum absolute atomic E-state index is 0.200. The van der Waals surface area contributed by atoms with Crippen molar-refractivity contribution in [3.05, 3.63) is 29.6 Å². The monoisotopic (exact) mass is 225 g/mol. The molecule has 0 amide bonds. The highest BCUT2D eigenvalue weighted by Gasteiger charge is 2.16. The lowest BCUT2D eigenvalue weighted by Crippen LogP contribution is -2.16. The van der Waals surface area contributed by atoms with E-state index < -0.39 is 0 Å². The summed E-state index contributed by atoms with van der Waals surface area (Å²) in [7, 11) is 1.46. The van der Waals surface area contributed by atoms with Crippen molar-refractivity contribution in [3.8, 4) is 5.75 Å². The van der Waals surface area contributed by atoms with Gasteiger partial charge >= 0.3 is 0 Å². The molecular formula is C12H16FNO2. The lowest BCUT2D eigenvalue weighted by Gasteiger charge is -2.12. The molecule has 2 rings (SSSR count). The summed E-state index contributed by atoms with van der Waals surface area (Å²) < 4.78 is 24.3. The summed E-state index contributed by atoms with van der Waals surface area (Å²) in [5.41, 5.74) is 0.547. The summed E-state index contributed by atoms with van der Waals surface area (Å²) in [6, 6.07) is 5.10. The van der Waals surface area contributed by atoms with Crippen LogP contribution in [0.5, 0.6) is 5.75 Å². The Morgan fingerprint density at radius 3 is 3.06 bits per heavy atom. The van der Waals surface area contributed by atoms with E-state index in [-0.39, 0.29) is 17.7 Å². The Morgan fingerprint density at radius 1 is 1.50 bits per heavy atom. The Morgan fingerprint density at radius 2 is 2.38 bits per heavy atom. The molecule has 88 valence electrons. The Kier molecular flexibility index (Phi) is 3.74. The highest BCUT2D eigenvalue weighted by Crippen LogP contribution is 2.21. The lowest BCUT2D eigenvalue weighted by molar-refractivity contribution is 0.0523. The molecule has 16 heavy (non-hydrogen) atoms. The summed E-state index contributed by atoms with van der Waals surface area (Å²) in [5, 5.41) is 3.20. The number of ether oxygens (including phenoxy) is 2. The van der Waals surface area contributed by atoms with E-state index in [9.17, 15) is 4.39 Å². The van der Waals surface area contributed by atoms with E-state index in [0.717, 1.165) is 19.5 Å². The summed E-state index contributed by atoms with van der Waals surface area (Å²) in [5.74, 6) is -0.0541. The highest BCUT2D eigenvalue weighted by atomic mass is 19.1. The lowest BCUT2D eigenvalue weighted by atomic mass is 10.2. The van der Waals surface area contributed by atoms with Crippen LogP contribution in [-0.4, -0.2) is 26.3 Å². The van der Waals surface area contributed by atoms with Crippen LogP contribution < -0.4 is 10.1 Å². The average Bonchev–Trinajstić information content (AvgIpc) is 2.81. The normalized spacial score (nSPS) is 20.0. The third kappa shape index (κ3) is 2.51. The first-order chi connectivity index (χ1) is 7.81. The molecule has 1 unspecified atom stereocenters. The molecule has 0 radical (unpaired) electrons. The number of rotatable bonds is 4.